The van der Waals surface area contributed by atoms with E-state index < -0.39 is 11.0 Å². The van der Waals surface area contributed by atoms with Crippen molar-refractivity contribution in [2.24, 2.45) is 0 Å². The molecule has 0 aromatic heterocycles. The minimum atomic E-state index is -1.00. The number of nitrogens with zero attached hydrogens (tertiary/aromatic N) is 2. The summed E-state index contributed by atoms with van der Waals surface area (Å²) in [5, 5.41) is 23.0. The summed E-state index contributed by atoms with van der Waals surface area (Å²) in [6, 6.07) is 4.52. The summed E-state index contributed by atoms with van der Waals surface area (Å²) in [7, 11) is 1.42. The number of carbonyl (C=O) groups is 1. The minimum Gasteiger partial charge on any atom is -0.494 e. The molecule has 120 valence electrons. The molecule has 0 saturated carbocycles. The number of amides is 1. The Morgan fingerprint density at radius 3 is 3.05 bits per heavy atom. The monoisotopic (exact) mass is 311 g/mol. The molecule has 1 aromatic rings. The Morgan fingerprint density at radius 2 is 2.41 bits per heavy atom. The summed E-state index contributed by atoms with van der Waals surface area (Å²) in [4.78, 5) is 22.8. The molecule has 1 fully saturated rings. The third-order valence-electron chi connectivity index (χ3n) is 3.34. The molecule has 0 bridgehead atoms. The first-order valence-electron chi connectivity index (χ1n) is 6.67. The van der Waals surface area contributed by atoms with Gasteiger partial charge in [-0.1, -0.05) is 6.07 Å². The smallest absolute Gasteiger partial charge is 0.407 e. The van der Waals surface area contributed by atoms with E-state index in [4.69, 9.17) is 14.6 Å². The van der Waals surface area contributed by atoms with Crippen LogP contribution in [0.4, 0.5) is 16.2 Å². The van der Waals surface area contributed by atoms with Crippen LogP contribution in [0.3, 0.4) is 0 Å². The van der Waals surface area contributed by atoms with E-state index in [-0.39, 0.29) is 30.6 Å². The molecule has 9 heteroatoms. The van der Waals surface area contributed by atoms with Gasteiger partial charge < -0.3 is 24.8 Å². The van der Waals surface area contributed by atoms with Gasteiger partial charge in [-0.2, -0.15) is 0 Å². The molecule has 1 aliphatic rings. The molecule has 0 unspecified atom stereocenters. The number of methoxy groups -OCH3 is 1. The van der Waals surface area contributed by atoms with Gasteiger partial charge in [0, 0.05) is 19.2 Å². The molecule has 1 amide bonds. The van der Waals surface area contributed by atoms with Gasteiger partial charge in [-0.15, -0.1) is 0 Å². The number of carboxylic acid groups (broad SMARTS) is 1. The molecular formula is C13H17N3O6. The fraction of sp³-hybridized carbons (Fsp3) is 0.462. The van der Waals surface area contributed by atoms with Crippen molar-refractivity contribution >= 4 is 17.5 Å². The zero-order valence-corrected chi connectivity index (χ0v) is 12.0. The number of para-hydroxylation sites is 1. The number of morpholine rings is 1. The molecule has 1 atom stereocenters. The lowest BCUT2D eigenvalue weighted by Gasteiger charge is -2.31. The predicted molar refractivity (Wildman–Crippen MR) is 77.5 cm³/mol. The normalized spacial score (nSPS) is 17.9. The highest BCUT2D eigenvalue weighted by molar-refractivity contribution is 5.70. The third-order valence-corrected chi connectivity index (χ3v) is 3.34. The van der Waals surface area contributed by atoms with Gasteiger partial charge in [-0.05, 0) is 6.07 Å². The maximum atomic E-state index is 11.1. The molecular weight excluding hydrogens is 294 g/mol. The number of hydrogen-bond donors (Lipinski definition) is 2. The fourth-order valence-corrected chi connectivity index (χ4v) is 2.25. The van der Waals surface area contributed by atoms with E-state index in [0.717, 1.165) is 0 Å². The van der Waals surface area contributed by atoms with E-state index in [2.05, 4.69) is 5.32 Å². The van der Waals surface area contributed by atoms with Crippen LogP contribution in [-0.2, 0) is 4.74 Å². The fourth-order valence-electron chi connectivity index (χ4n) is 2.25. The Bertz CT molecular complexity index is 565. The lowest BCUT2D eigenvalue weighted by atomic mass is 10.2. The quantitative estimate of drug-likeness (QED) is 0.624. The van der Waals surface area contributed by atoms with Crippen molar-refractivity contribution in [3.05, 3.63) is 28.3 Å². The van der Waals surface area contributed by atoms with Crippen molar-refractivity contribution < 1.29 is 24.3 Å². The zero-order chi connectivity index (χ0) is 16.1. The number of ether oxygens (including phenoxy) is 2. The Kier molecular flexibility index (Phi) is 4.99. The van der Waals surface area contributed by atoms with Crippen molar-refractivity contribution in [2.45, 2.75) is 6.10 Å². The van der Waals surface area contributed by atoms with Crippen molar-refractivity contribution in [1.82, 2.24) is 4.90 Å². The number of benzene rings is 1. The Balaban J connectivity index is 2.08. The summed E-state index contributed by atoms with van der Waals surface area (Å²) in [6.07, 6.45) is -1.38. The van der Waals surface area contributed by atoms with E-state index in [1.807, 2.05) is 0 Å². The van der Waals surface area contributed by atoms with E-state index in [1.165, 1.54) is 24.1 Å². The molecule has 1 aliphatic heterocycles. The van der Waals surface area contributed by atoms with Gasteiger partial charge in [-0.25, -0.2) is 4.79 Å². The lowest BCUT2D eigenvalue weighted by molar-refractivity contribution is -0.384. The molecule has 1 heterocycles. The Labute approximate surface area is 126 Å². The SMILES string of the molecule is COc1cccc([N+](=O)[O-])c1NC[C@@H]1CN(C(=O)O)CCO1. The van der Waals surface area contributed by atoms with Gasteiger partial charge in [0.2, 0.25) is 0 Å². The molecule has 2 rings (SSSR count). The number of hydrogen-bond acceptors (Lipinski definition) is 6. The number of anilines is 1. The molecule has 0 aliphatic carbocycles. The van der Waals surface area contributed by atoms with Crippen molar-refractivity contribution in [2.75, 3.05) is 38.7 Å². The van der Waals surface area contributed by atoms with Crippen LogP contribution in [-0.4, -0.2) is 60.5 Å². The second-order valence-electron chi connectivity index (χ2n) is 4.71. The average Bonchev–Trinajstić information content (AvgIpc) is 2.52. The standard InChI is InChI=1S/C13H17N3O6/c1-21-11-4-2-3-10(16(19)20)12(11)14-7-9-8-15(13(17)18)5-6-22-9/h2-4,9,14H,5-8H2,1H3,(H,17,18)/t9-/m1/s1. The lowest BCUT2D eigenvalue weighted by Crippen LogP contribution is -2.47. The van der Waals surface area contributed by atoms with Gasteiger partial charge in [0.1, 0.15) is 5.75 Å². The summed E-state index contributed by atoms with van der Waals surface area (Å²) < 4.78 is 10.6. The Morgan fingerprint density at radius 1 is 1.64 bits per heavy atom. The molecule has 1 aromatic carbocycles. The van der Waals surface area contributed by atoms with E-state index in [1.54, 1.807) is 6.07 Å². The first kappa shape index (κ1) is 15.8. The van der Waals surface area contributed by atoms with E-state index >= 15 is 0 Å². The first-order valence-corrected chi connectivity index (χ1v) is 6.67. The molecule has 9 nitrogen and oxygen atoms in total. The number of rotatable bonds is 5. The van der Waals surface area contributed by atoms with Crippen LogP contribution in [0, 0.1) is 10.1 Å². The van der Waals surface area contributed by atoms with Gasteiger partial charge in [-0.3, -0.25) is 10.1 Å². The summed E-state index contributed by atoms with van der Waals surface area (Å²) in [6.45, 7) is 1.07. The number of nitro groups is 1. The molecule has 22 heavy (non-hydrogen) atoms. The molecule has 0 radical (unpaired) electrons. The van der Waals surface area contributed by atoms with E-state index in [0.29, 0.717) is 18.9 Å². The molecule has 1 saturated heterocycles. The highest BCUT2D eigenvalue weighted by Gasteiger charge is 2.25. The summed E-state index contributed by atoms with van der Waals surface area (Å²) in [5.41, 5.74) is 0.149. The van der Waals surface area contributed by atoms with Gasteiger partial charge in [0.15, 0.2) is 5.69 Å². The second-order valence-corrected chi connectivity index (χ2v) is 4.71. The first-order chi connectivity index (χ1) is 10.5. The highest BCUT2D eigenvalue weighted by Crippen LogP contribution is 2.33. The van der Waals surface area contributed by atoms with Crippen molar-refractivity contribution in [3.8, 4) is 5.75 Å². The Hall–Kier alpha value is -2.55. The van der Waals surface area contributed by atoms with Crippen LogP contribution in [0.5, 0.6) is 5.75 Å². The van der Waals surface area contributed by atoms with Crippen LogP contribution in [0.1, 0.15) is 0 Å². The highest BCUT2D eigenvalue weighted by atomic mass is 16.6. The van der Waals surface area contributed by atoms with Crippen LogP contribution in [0.25, 0.3) is 0 Å². The van der Waals surface area contributed by atoms with Crippen molar-refractivity contribution in [1.29, 1.82) is 0 Å². The van der Waals surface area contributed by atoms with Crippen LogP contribution >= 0.6 is 0 Å². The molecule has 0 spiro atoms. The molecule has 2 N–H and O–H groups in total. The third kappa shape index (κ3) is 3.55. The van der Waals surface area contributed by atoms with Gasteiger partial charge >= 0.3 is 6.09 Å². The maximum absolute atomic E-state index is 11.1. The number of nitro benzene ring substituents is 1. The number of nitrogens with one attached hydrogen (secondary N) is 1. The second kappa shape index (κ2) is 6.94. The van der Waals surface area contributed by atoms with Crippen LogP contribution < -0.4 is 10.1 Å². The van der Waals surface area contributed by atoms with E-state index in [9.17, 15) is 14.9 Å². The topological polar surface area (TPSA) is 114 Å². The van der Waals surface area contributed by atoms with Crippen LogP contribution in [0.15, 0.2) is 18.2 Å². The largest absolute Gasteiger partial charge is 0.494 e. The van der Waals surface area contributed by atoms with Crippen molar-refractivity contribution in [3.63, 3.8) is 0 Å². The summed E-state index contributed by atoms with van der Waals surface area (Å²) in [5.74, 6) is 0.347. The van der Waals surface area contributed by atoms with Gasteiger partial charge in [0.05, 0.1) is 31.3 Å². The zero-order valence-electron chi connectivity index (χ0n) is 12.0. The summed E-state index contributed by atoms with van der Waals surface area (Å²) >= 11 is 0. The minimum absolute atomic E-state index is 0.106. The van der Waals surface area contributed by atoms with Gasteiger partial charge in [0.25, 0.3) is 5.69 Å². The predicted octanol–water partition coefficient (Wildman–Crippen LogP) is 1.39. The average molecular weight is 311 g/mol. The van der Waals surface area contributed by atoms with Crippen LogP contribution in [0.2, 0.25) is 0 Å². The maximum Gasteiger partial charge on any atom is 0.407 e.